The molecule has 0 aliphatic rings. The fraction of sp³-hybridized carbons (Fsp3) is 0.308. The molecule has 1 rings (SSSR count). The van der Waals surface area contributed by atoms with Crippen molar-refractivity contribution in [2.75, 3.05) is 18.4 Å². The van der Waals surface area contributed by atoms with E-state index < -0.39 is 11.8 Å². The van der Waals surface area contributed by atoms with Gasteiger partial charge in [-0.25, -0.2) is 0 Å². The third-order valence-corrected chi connectivity index (χ3v) is 2.54. The second-order valence-electron chi connectivity index (χ2n) is 3.59. The van der Waals surface area contributed by atoms with Crippen molar-refractivity contribution >= 4 is 17.5 Å². The van der Waals surface area contributed by atoms with Crippen molar-refractivity contribution < 1.29 is 9.59 Å². The lowest BCUT2D eigenvalue weighted by Crippen LogP contribution is -2.39. The average molecular weight is 245 g/mol. The predicted octanol–water partition coefficient (Wildman–Crippen LogP) is 1.37. The Labute approximate surface area is 106 Å². The molecule has 0 bridgehead atoms. The first-order chi connectivity index (χ1) is 8.63. The summed E-state index contributed by atoms with van der Waals surface area (Å²) >= 11 is 0. The number of carbonyl (C=O) groups excluding carboxylic acids is 2. The highest BCUT2D eigenvalue weighted by molar-refractivity contribution is 6.39. The highest BCUT2D eigenvalue weighted by atomic mass is 16.2. The van der Waals surface area contributed by atoms with Crippen molar-refractivity contribution in [2.45, 2.75) is 13.8 Å². The van der Waals surface area contributed by atoms with Crippen molar-refractivity contribution in [3.63, 3.8) is 0 Å². The molecule has 5 heteroatoms. The maximum absolute atomic E-state index is 11.7. The summed E-state index contributed by atoms with van der Waals surface area (Å²) in [5, 5.41) is 11.3. The number of hydrogen-bond acceptors (Lipinski definition) is 3. The largest absolute Gasteiger partial charge is 0.335 e. The Balaban J connectivity index is 2.82. The number of amides is 2. The third kappa shape index (κ3) is 3.08. The summed E-state index contributed by atoms with van der Waals surface area (Å²) in [7, 11) is 0. The number of rotatable bonds is 3. The van der Waals surface area contributed by atoms with Crippen LogP contribution < -0.4 is 5.32 Å². The van der Waals surface area contributed by atoms with E-state index in [1.165, 1.54) is 4.90 Å². The fourth-order valence-corrected chi connectivity index (χ4v) is 1.52. The number of hydrogen-bond donors (Lipinski definition) is 1. The van der Waals surface area contributed by atoms with E-state index in [4.69, 9.17) is 5.26 Å². The molecule has 0 aliphatic carbocycles. The van der Waals surface area contributed by atoms with Gasteiger partial charge in [0.05, 0.1) is 11.3 Å². The van der Waals surface area contributed by atoms with Crippen LogP contribution in [0.5, 0.6) is 0 Å². The molecule has 0 aromatic heterocycles. The van der Waals surface area contributed by atoms with E-state index >= 15 is 0 Å². The third-order valence-electron chi connectivity index (χ3n) is 2.54. The summed E-state index contributed by atoms with van der Waals surface area (Å²) in [6.45, 7) is 4.56. The van der Waals surface area contributed by atoms with Crippen molar-refractivity contribution in [1.29, 1.82) is 5.26 Å². The van der Waals surface area contributed by atoms with Gasteiger partial charge in [-0.2, -0.15) is 5.26 Å². The van der Waals surface area contributed by atoms with Gasteiger partial charge in [0.2, 0.25) is 0 Å². The molecule has 0 unspecified atom stereocenters. The number of para-hydroxylation sites is 1. The number of nitriles is 1. The number of nitrogens with one attached hydrogen (secondary N) is 1. The van der Waals surface area contributed by atoms with Gasteiger partial charge in [0.25, 0.3) is 0 Å². The molecule has 0 spiro atoms. The van der Waals surface area contributed by atoms with Gasteiger partial charge in [0, 0.05) is 13.1 Å². The molecular formula is C13H15N3O2. The summed E-state index contributed by atoms with van der Waals surface area (Å²) < 4.78 is 0. The highest BCUT2D eigenvalue weighted by Gasteiger charge is 2.19. The van der Waals surface area contributed by atoms with E-state index in [-0.39, 0.29) is 0 Å². The molecular weight excluding hydrogens is 230 g/mol. The monoisotopic (exact) mass is 245 g/mol. The second-order valence-corrected chi connectivity index (χ2v) is 3.59. The zero-order valence-corrected chi connectivity index (χ0v) is 10.4. The van der Waals surface area contributed by atoms with E-state index in [0.29, 0.717) is 24.3 Å². The Hall–Kier alpha value is -2.35. The van der Waals surface area contributed by atoms with E-state index in [1.54, 1.807) is 38.1 Å². The van der Waals surface area contributed by atoms with Gasteiger partial charge < -0.3 is 10.2 Å². The molecule has 5 nitrogen and oxygen atoms in total. The minimum Gasteiger partial charge on any atom is -0.335 e. The van der Waals surface area contributed by atoms with Gasteiger partial charge in [-0.3, -0.25) is 9.59 Å². The van der Waals surface area contributed by atoms with E-state index in [1.807, 2.05) is 6.07 Å². The molecule has 94 valence electrons. The maximum Gasteiger partial charge on any atom is 0.313 e. The SMILES string of the molecule is CCN(CC)C(=O)C(=O)Nc1ccccc1C#N. The lowest BCUT2D eigenvalue weighted by molar-refractivity contribution is -0.142. The quantitative estimate of drug-likeness (QED) is 0.817. The Morgan fingerprint density at radius 3 is 2.44 bits per heavy atom. The average Bonchev–Trinajstić information content (AvgIpc) is 2.40. The molecule has 0 radical (unpaired) electrons. The number of benzene rings is 1. The number of nitrogens with zero attached hydrogens (tertiary/aromatic N) is 2. The van der Waals surface area contributed by atoms with Crippen LogP contribution in [-0.4, -0.2) is 29.8 Å². The molecule has 0 aliphatic heterocycles. The van der Waals surface area contributed by atoms with Gasteiger partial charge in [-0.05, 0) is 26.0 Å². The highest BCUT2D eigenvalue weighted by Crippen LogP contribution is 2.13. The van der Waals surface area contributed by atoms with Crippen LogP contribution in [0.15, 0.2) is 24.3 Å². The predicted molar refractivity (Wildman–Crippen MR) is 67.7 cm³/mol. The van der Waals surface area contributed by atoms with E-state index in [2.05, 4.69) is 5.32 Å². The molecule has 1 N–H and O–H groups in total. The maximum atomic E-state index is 11.7. The topological polar surface area (TPSA) is 73.2 Å². The Morgan fingerprint density at radius 1 is 1.28 bits per heavy atom. The van der Waals surface area contributed by atoms with Crippen LogP contribution in [0.3, 0.4) is 0 Å². The molecule has 0 atom stereocenters. The molecule has 0 fully saturated rings. The van der Waals surface area contributed by atoms with Crippen LogP contribution in [0.1, 0.15) is 19.4 Å². The first kappa shape index (κ1) is 13.7. The minimum absolute atomic E-state index is 0.332. The second kappa shape index (κ2) is 6.40. The van der Waals surface area contributed by atoms with Crippen LogP contribution in [0.4, 0.5) is 5.69 Å². The van der Waals surface area contributed by atoms with Crippen LogP contribution in [0.25, 0.3) is 0 Å². The normalized spacial score (nSPS) is 9.39. The van der Waals surface area contributed by atoms with Gasteiger partial charge in [-0.15, -0.1) is 0 Å². The molecule has 1 aromatic rings. The first-order valence-corrected chi connectivity index (χ1v) is 5.73. The summed E-state index contributed by atoms with van der Waals surface area (Å²) in [4.78, 5) is 24.9. The van der Waals surface area contributed by atoms with Gasteiger partial charge in [-0.1, -0.05) is 12.1 Å². The number of anilines is 1. The van der Waals surface area contributed by atoms with Crippen LogP contribution in [0, 0.1) is 11.3 Å². The van der Waals surface area contributed by atoms with Crippen molar-refractivity contribution in [2.24, 2.45) is 0 Å². The lowest BCUT2D eigenvalue weighted by Gasteiger charge is -2.17. The lowest BCUT2D eigenvalue weighted by atomic mass is 10.2. The molecule has 1 aromatic carbocycles. The fourth-order valence-electron chi connectivity index (χ4n) is 1.52. The Bertz CT molecular complexity index is 487. The summed E-state index contributed by atoms with van der Waals surface area (Å²) in [6.07, 6.45) is 0. The molecule has 0 saturated carbocycles. The van der Waals surface area contributed by atoms with Crippen molar-refractivity contribution in [1.82, 2.24) is 4.90 Å². The Morgan fingerprint density at radius 2 is 1.89 bits per heavy atom. The molecule has 0 saturated heterocycles. The van der Waals surface area contributed by atoms with E-state index in [0.717, 1.165) is 0 Å². The van der Waals surface area contributed by atoms with E-state index in [9.17, 15) is 9.59 Å². The standard InChI is InChI=1S/C13H15N3O2/c1-3-16(4-2)13(18)12(17)15-11-8-6-5-7-10(11)9-14/h5-8H,3-4H2,1-2H3,(H,15,17). The zero-order chi connectivity index (χ0) is 13.5. The van der Waals surface area contributed by atoms with Gasteiger partial charge in [0.1, 0.15) is 6.07 Å². The van der Waals surface area contributed by atoms with Crippen LogP contribution in [0.2, 0.25) is 0 Å². The van der Waals surface area contributed by atoms with Crippen molar-refractivity contribution in [3.05, 3.63) is 29.8 Å². The van der Waals surface area contributed by atoms with Gasteiger partial charge in [0.15, 0.2) is 0 Å². The van der Waals surface area contributed by atoms with Crippen LogP contribution in [-0.2, 0) is 9.59 Å². The van der Waals surface area contributed by atoms with Crippen LogP contribution >= 0.6 is 0 Å². The molecule has 2 amide bonds. The van der Waals surface area contributed by atoms with Crippen molar-refractivity contribution in [3.8, 4) is 6.07 Å². The number of likely N-dealkylation sites (N-methyl/N-ethyl adjacent to an activating group) is 1. The smallest absolute Gasteiger partial charge is 0.313 e. The number of carbonyl (C=O) groups is 2. The minimum atomic E-state index is -0.721. The molecule has 0 heterocycles. The summed E-state index contributed by atoms with van der Waals surface area (Å²) in [5.41, 5.74) is 0.684. The first-order valence-electron chi connectivity index (χ1n) is 5.73. The summed E-state index contributed by atoms with van der Waals surface area (Å²) in [5.74, 6) is -1.31. The van der Waals surface area contributed by atoms with Gasteiger partial charge >= 0.3 is 11.8 Å². The Kier molecular flexibility index (Phi) is 4.88. The molecule has 18 heavy (non-hydrogen) atoms. The zero-order valence-electron chi connectivity index (χ0n) is 10.4. The summed E-state index contributed by atoms with van der Waals surface area (Å²) in [6, 6.07) is 8.52.